The van der Waals surface area contributed by atoms with Crippen LogP contribution in [0.5, 0.6) is 0 Å². The molecule has 0 radical (unpaired) electrons. The van der Waals surface area contributed by atoms with Crippen LogP contribution in [0.4, 0.5) is 5.69 Å². The number of hydrogen-bond acceptors (Lipinski definition) is 4. The highest BCUT2D eigenvalue weighted by molar-refractivity contribution is 6.25. The van der Waals surface area contributed by atoms with E-state index in [1.807, 2.05) is 18.2 Å². The largest absolute Gasteiger partial charge is 0.372 e. The summed E-state index contributed by atoms with van der Waals surface area (Å²) in [7, 11) is 0. The minimum Gasteiger partial charge on any atom is -0.372 e. The first kappa shape index (κ1) is 24.6. The van der Waals surface area contributed by atoms with Crippen molar-refractivity contribution in [3.8, 4) is 0 Å². The number of nitrogens with one attached hydrogen (secondary N) is 1. The van der Waals surface area contributed by atoms with E-state index in [1.54, 1.807) is 4.90 Å². The molecule has 2 aromatic rings. The number of nitrogens with zero attached hydrogens (tertiary/aromatic N) is 2. The summed E-state index contributed by atoms with van der Waals surface area (Å²) in [6, 6.07) is 10.7. The number of aliphatic hydroxyl groups excluding tert-OH is 1. The second kappa shape index (κ2) is 9.95. The summed E-state index contributed by atoms with van der Waals surface area (Å²) < 4.78 is 0. The summed E-state index contributed by atoms with van der Waals surface area (Å²) in [5.41, 5.74) is 2.96. The zero-order valence-corrected chi connectivity index (χ0v) is 22.4. The van der Waals surface area contributed by atoms with Crippen molar-refractivity contribution in [1.82, 2.24) is 10.2 Å². The van der Waals surface area contributed by atoms with Crippen LogP contribution in [0, 0.1) is 11.8 Å². The van der Waals surface area contributed by atoms with Crippen molar-refractivity contribution >= 4 is 28.3 Å². The highest BCUT2D eigenvalue weighted by Gasteiger charge is 2.41. The van der Waals surface area contributed by atoms with Crippen LogP contribution in [0.2, 0.25) is 0 Å². The van der Waals surface area contributed by atoms with Gasteiger partial charge in [-0.25, -0.2) is 0 Å². The van der Waals surface area contributed by atoms with Crippen molar-refractivity contribution < 1.29 is 14.7 Å². The molecule has 2 unspecified atom stereocenters. The number of aliphatic hydroxyl groups is 1. The molecule has 0 spiro atoms. The van der Waals surface area contributed by atoms with Gasteiger partial charge in [-0.3, -0.25) is 9.59 Å². The predicted octanol–water partition coefficient (Wildman–Crippen LogP) is 5.33. The van der Waals surface area contributed by atoms with E-state index in [0.717, 1.165) is 34.5 Å². The molecule has 3 aliphatic heterocycles. The van der Waals surface area contributed by atoms with Crippen LogP contribution in [-0.2, 0) is 4.79 Å². The number of likely N-dealkylation sites (tertiary alicyclic amines) is 1. The van der Waals surface area contributed by atoms with E-state index >= 15 is 0 Å². The van der Waals surface area contributed by atoms with Crippen LogP contribution in [-0.4, -0.2) is 53.2 Å². The number of benzene rings is 2. The monoisotopic (exact) mass is 515 g/mol. The summed E-state index contributed by atoms with van der Waals surface area (Å²) >= 11 is 0. The van der Waals surface area contributed by atoms with Crippen molar-refractivity contribution in [2.75, 3.05) is 18.0 Å². The Labute approximate surface area is 225 Å². The number of carbonyl (C=O) groups is 2. The summed E-state index contributed by atoms with van der Waals surface area (Å²) in [6.07, 6.45) is 13.6. The molecule has 3 heterocycles. The molecule has 2 N–H and O–H groups in total. The van der Waals surface area contributed by atoms with E-state index in [9.17, 15) is 14.7 Å². The lowest BCUT2D eigenvalue weighted by molar-refractivity contribution is -0.127. The fraction of sp³-hybridized carbons (Fsp3) is 0.625. The van der Waals surface area contributed by atoms with Crippen LogP contribution in [0.25, 0.3) is 10.8 Å². The number of piperidine rings is 2. The van der Waals surface area contributed by atoms with Gasteiger partial charge >= 0.3 is 0 Å². The van der Waals surface area contributed by atoms with Crippen molar-refractivity contribution in [2.45, 2.75) is 101 Å². The molecule has 2 saturated carbocycles. The fourth-order valence-corrected chi connectivity index (χ4v) is 8.70. The number of amides is 2. The molecule has 7 rings (SSSR count). The van der Waals surface area contributed by atoms with Crippen LogP contribution < -0.4 is 10.2 Å². The Balaban J connectivity index is 1.06. The van der Waals surface area contributed by atoms with Crippen molar-refractivity contribution in [2.24, 2.45) is 11.8 Å². The Bertz CT molecular complexity index is 1220. The molecular formula is C32H41N3O3. The molecule has 2 aromatic carbocycles. The zero-order valence-electron chi connectivity index (χ0n) is 22.4. The van der Waals surface area contributed by atoms with E-state index in [2.05, 4.69) is 22.3 Å². The summed E-state index contributed by atoms with van der Waals surface area (Å²) in [4.78, 5) is 29.8. The second-order valence-electron chi connectivity index (χ2n) is 12.6. The molecule has 202 valence electrons. The lowest BCUT2D eigenvalue weighted by Crippen LogP contribution is -2.56. The van der Waals surface area contributed by atoms with Crippen molar-refractivity contribution in [1.29, 1.82) is 0 Å². The standard InChI is InChI=1S/C32H41N3O3/c36-29-15-14-28(31(37)33-29)35-27-7-3-6-25-24(12-13-26(30(25)27)32(35)38)22-16-18-34(19-17-22)23-10-8-21(9-11-23)20-4-1-2-5-20/h3,6-7,12-13,20-23,28,31,37H,1-2,4-5,8-11,14-19H2,(H,33,36). The molecule has 2 atom stereocenters. The van der Waals surface area contributed by atoms with Crippen LogP contribution in [0.15, 0.2) is 30.3 Å². The highest BCUT2D eigenvalue weighted by Crippen LogP contribution is 2.45. The van der Waals surface area contributed by atoms with Crippen LogP contribution >= 0.6 is 0 Å². The summed E-state index contributed by atoms with van der Waals surface area (Å²) in [5, 5.41) is 15.4. The minimum absolute atomic E-state index is 0.0639. The summed E-state index contributed by atoms with van der Waals surface area (Å²) in [5.74, 6) is 2.30. The Morgan fingerprint density at radius 3 is 2.29 bits per heavy atom. The normalized spacial score (nSPS) is 31.3. The maximum absolute atomic E-state index is 13.5. The van der Waals surface area contributed by atoms with Gasteiger partial charge in [-0.2, -0.15) is 0 Å². The van der Waals surface area contributed by atoms with Crippen LogP contribution in [0.3, 0.4) is 0 Å². The molecule has 2 saturated heterocycles. The third-order valence-electron chi connectivity index (χ3n) is 10.7. The first-order chi connectivity index (χ1) is 18.6. The molecular weight excluding hydrogens is 474 g/mol. The van der Waals surface area contributed by atoms with Gasteiger partial charge in [0, 0.05) is 23.4 Å². The van der Waals surface area contributed by atoms with Gasteiger partial charge in [0.2, 0.25) is 5.91 Å². The second-order valence-corrected chi connectivity index (χ2v) is 12.6. The van der Waals surface area contributed by atoms with Gasteiger partial charge in [0.15, 0.2) is 0 Å². The molecule has 6 nitrogen and oxygen atoms in total. The Hall–Kier alpha value is -2.44. The molecule has 2 aliphatic carbocycles. The smallest absolute Gasteiger partial charge is 0.259 e. The number of anilines is 1. The van der Waals surface area contributed by atoms with Crippen molar-refractivity contribution in [3.05, 3.63) is 41.5 Å². The molecule has 2 amide bonds. The zero-order chi connectivity index (χ0) is 25.8. The number of carbonyl (C=O) groups excluding carboxylic acids is 2. The van der Waals surface area contributed by atoms with E-state index in [1.165, 1.54) is 88.2 Å². The van der Waals surface area contributed by atoms with E-state index < -0.39 is 12.3 Å². The van der Waals surface area contributed by atoms with Gasteiger partial charge < -0.3 is 20.2 Å². The van der Waals surface area contributed by atoms with Gasteiger partial charge in [-0.1, -0.05) is 43.9 Å². The average Bonchev–Trinajstić information content (AvgIpc) is 3.58. The first-order valence-corrected chi connectivity index (χ1v) is 15.2. The van der Waals surface area contributed by atoms with E-state index in [4.69, 9.17) is 0 Å². The topological polar surface area (TPSA) is 72.9 Å². The average molecular weight is 516 g/mol. The Morgan fingerprint density at radius 2 is 1.55 bits per heavy atom. The SMILES string of the molecule is O=C1CCC(N2C(=O)c3ccc(C4CCN(C5CCC(C6CCCC6)CC5)CC4)c4cccc2c34)C(O)N1. The van der Waals surface area contributed by atoms with Gasteiger partial charge in [-0.05, 0) is 98.9 Å². The molecule has 5 aliphatic rings. The van der Waals surface area contributed by atoms with E-state index in [-0.39, 0.29) is 11.8 Å². The fourth-order valence-electron chi connectivity index (χ4n) is 8.70. The minimum atomic E-state index is -1.04. The van der Waals surface area contributed by atoms with Gasteiger partial charge in [0.05, 0.1) is 11.7 Å². The van der Waals surface area contributed by atoms with E-state index in [0.29, 0.717) is 18.8 Å². The van der Waals surface area contributed by atoms with Crippen LogP contribution in [0.1, 0.15) is 98.9 Å². The third kappa shape index (κ3) is 4.15. The predicted molar refractivity (Wildman–Crippen MR) is 149 cm³/mol. The lowest BCUT2D eigenvalue weighted by Gasteiger charge is -2.42. The molecule has 38 heavy (non-hydrogen) atoms. The molecule has 4 fully saturated rings. The Morgan fingerprint density at radius 1 is 0.816 bits per heavy atom. The maximum Gasteiger partial charge on any atom is 0.259 e. The van der Waals surface area contributed by atoms with Gasteiger partial charge in [0.1, 0.15) is 6.23 Å². The van der Waals surface area contributed by atoms with Gasteiger partial charge in [0.25, 0.3) is 5.91 Å². The first-order valence-electron chi connectivity index (χ1n) is 15.2. The van der Waals surface area contributed by atoms with Gasteiger partial charge in [-0.15, -0.1) is 0 Å². The lowest BCUT2D eigenvalue weighted by atomic mass is 9.76. The van der Waals surface area contributed by atoms with Crippen molar-refractivity contribution in [3.63, 3.8) is 0 Å². The molecule has 6 heteroatoms. The third-order valence-corrected chi connectivity index (χ3v) is 10.7. The maximum atomic E-state index is 13.5. The highest BCUT2D eigenvalue weighted by atomic mass is 16.3. The number of rotatable bonds is 4. The Kier molecular flexibility index (Phi) is 6.44. The summed E-state index contributed by atoms with van der Waals surface area (Å²) in [6.45, 7) is 2.34. The molecule has 0 bridgehead atoms. The molecule has 0 aromatic heterocycles. The quantitative estimate of drug-likeness (QED) is 0.578. The number of hydrogen-bond donors (Lipinski definition) is 2.